The number of allylic oxidation sites excluding steroid dienone is 1. The summed E-state index contributed by atoms with van der Waals surface area (Å²) in [4.78, 5) is 0. The van der Waals surface area contributed by atoms with E-state index in [0.29, 0.717) is 5.92 Å². The van der Waals surface area contributed by atoms with Gasteiger partial charge in [0.05, 0.1) is 0 Å². The van der Waals surface area contributed by atoms with Crippen molar-refractivity contribution in [3.63, 3.8) is 0 Å². The van der Waals surface area contributed by atoms with Gasteiger partial charge in [0, 0.05) is 32.7 Å². The van der Waals surface area contributed by atoms with Crippen molar-refractivity contribution in [2.75, 3.05) is 0 Å². The van der Waals surface area contributed by atoms with Crippen LogP contribution in [0.3, 0.4) is 0 Å². The van der Waals surface area contributed by atoms with Gasteiger partial charge in [-0.2, -0.15) is 35.9 Å². The topological polar surface area (TPSA) is 0 Å². The van der Waals surface area contributed by atoms with E-state index in [2.05, 4.69) is 54.6 Å². The molecular formula is C20H20Y-2. The van der Waals surface area contributed by atoms with E-state index in [1.807, 2.05) is 12.1 Å². The molecule has 21 heavy (non-hydrogen) atoms. The van der Waals surface area contributed by atoms with Gasteiger partial charge in [0.2, 0.25) is 0 Å². The predicted octanol–water partition coefficient (Wildman–Crippen LogP) is 5.30. The molecule has 0 heterocycles. The van der Waals surface area contributed by atoms with Gasteiger partial charge < -0.3 is 0 Å². The third kappa shape index (κ3) is 4.63. The zero-order valence-electron chi connectivity index (χ0n) is 12.4. The van der Waals surface area contributed by atoms with Crippen molar-refractivity contribution >= 4 is 5.57 Å². The largest absolute Gasteiger partial charge is 0.221 e. The molecule has 2 aromatic rings. The molecule has 1 fully saturated rings. The van der Waals surface area contributed by atoms with E-state index in [1.54, 1.807) is 0 Å². The fraction of sp³-hybridized carbons (Fsp3) is 0.300. The third-order valence-corrected chi connectivity index (χ3v) is 4.07. The van der Waals surface area contributed by atoms with E-state index in [0.717, 1.165) is 0 Å². The summed E-state index contributed by atoms with van der Waals surface area (Å²) in [7, 11) is 0. The summed E-state index contributed by atoms with van der Waals surface area (Å²) in [6.07, 6.45) is 10.3. The second-order valence-corrected chi connectivity index (χ2v) is 5.52. The first-order chi connectivity index (χ1) is 9.93. The standard InChI is InChI=1S/C20H20.Y/c1-4-10-17(11-5-1)16-20(18-12-6-2-7-13-18)19-14-8-3-9-15-19;/h1-2,4-7,10-12,19H,3,8-9,14-15H2;/q-2;. The minimum atomic E-state index is 0. The molecule has 0 nitrogen and oxygen atoms in total. The first-order valence-corrected chi connectivity index (χ1v) is 7.59. The van der Waals surface area contributed by atoms with Gasteiger partial charge in [0.1, 0.15) is 0 Å². The van der Waals surface area contributed by atoms with Crippen molar-refractivity contribution in [2.45, 2.75) is 32.1 Å². The Kier molecular flexibility index (Phi) is 6.87. The number of hydrogen-bond acceptors (Lipinski definition) is 0. The van der Waals surface area contributed by atoms with E-state index in [9.17, 15) is 0 Å². The van der Waals surface area contributed by atoms with Crippen molar-refractivity contribution in [1.29, 1.82) is 0 Å². The third-order valence-electron chi connectivity index (χ3n) is 4.07. The maximum absolute atomic E-state index is 3.65. The zero-order valence-corrected chi connectivity index (χ0v) is 15.2. The summed E-state index contributed by atoms with van der Waals surface area (Å²) in [5, 5.41) is 0. The molecule has 0 aromatic heterocycles. The first-order valence-electron chi connectivity index (χ1n) is 7.59. The molecule has 1 radical (unpaired) electrons. The summed E-state index contributed by atoms with van der Waals surface area (Å²) in [5.41, 5.74) is 3.73. The molecule has 105 valence electrons. The molecule has 0 unspecified atom stereocenters. The SMILES string of the molecule is [C-](=C(c1[c-]cccc1)C1CCCCC1)c1ccccc1.[Y]. The molecule has 0 bridgehead atoms. The minimum Gasteiger partial charge on any atom is -0.221 e. The van der Waals surface area contributed by atoms with Crippen LogP contribution in [-0.4, -0.2) is 0 Å². The summed E-state index contributed by atoms with van der Waals surface area (Å²) < 4.78 is 0. The molecular weight excluding hydrogens is 329 g/mol. The fourth-order valence-electron chi connectivity index (χ4n) is 3.02. The van der Waals surface area contributed by atoms with Crippen molar-refractivity contribution in [3.8, 4) is 0 Å². The average Bonchev–Trinajstić information content (AvgIpc) is 2.55. The van der Waals surface area contributed by atoms with E-state index >= 15 is 0 Å². The van der Waals surface area contributed by atoms with Crippen LogP contribution in [0.25, 0.3) is 5.57 Å². The zero-order chi connectivity index (χ0) is 13.6. The number of benzene rings is 2. The van der Waals surface area contributed by atoms with Gasteiger partial charge in [-0.05, 0) is 0 Å². The Balaban J connectivity index is 0.00000161. The summed E-state index contributed by atoms with van der Waals surface area (Å²) in [5.74, 6) is 0.641. The van der Waals surface area contributed by atoms with Crippen molar-refractivity contribution in [1.82, 2.24) is 0 Å². The molecule has 1 heteroatoms. The maximum atomic E-state index is 3.65. The van der Waals surface area contributed by atoms with E-state index in [-0.39, 0.29) is 32.7 Å². The molecule has 0 atom stereocenters. The van der Waals surface area contributed by atoms with Crippen molar-refractivity contribution < 1.29 is 32.7 Å². The van der Waals surface area contributed by atoms with Gasteiger partial charge in [-0.25, -0.2) is 11.1 Å². The Morgan fingerprint density at radius 2 is 1.62 bits per heavy atom. The quantitative estimate of drug-likeness (QED) is 0.521. The van der Waals surface area contributed by atoms with Crippen LogP contribution in [0.1, 0.15) is 43.2 Å². The van der Waals surface area contributed by atoms with Crippen LogP contribution in [0.5, 0.6) is 0 Å². The van der Waals surface area contributed by atoms with Crippen LogP contribution < -0.4 is 0 Å². The molecule has 0 amide bonds. The van der Waals surface area contributed by atoms with Crippen LogP contribution in [0.4, 0.5) is 0 Å². The monoisotopic (exact) mass is 349 g/mol. The van der Waals surface area contributed by atoms with Gasteiger partial charge in [-0.3, -0.25) is 0 Å². The van der Waals surface area contributed by atoms with Crippen LogP contribution >= 0.6 is 0 Å². The fourth-order valence-corrected chi connectivity index (χ4v) is 3.02. The molecule has 1 aliphatic carbocycles. The number of hydrogen-bond donors (Lipinski definition) is 0. The van der Waals surface area contributed by atoms with Gasteiger partial charge in [0.15, 0.2) is 0 Å². The predicted molar refractivity (Wildman–Crippen MR) is 84.0 cm³/mol. The molecule has 3 rings (SSSR count). The molecule has 0 aliphatic heterocycles. The van der Waals surface area contributed by atoms with Gasteiger partial charge in [-0.1, -0.05) is 44.1 Å². The van der Waals surface area contributed by atoms with Crippen LogP contribution in [0, 0.1) is 18.1 Å². The Labute approximate surface area is 153 Å². The van der Waals surface area contributed by atoms with E-state index < -0.39 is 0 Å². The smallest absolute Gasteiger partial charge is 0 e. The Morgan fingerprint density at radius 1 is 0.905 bits per heavy atom. The summed E-state index contributed by atoms with van der Waals surface area (Å²) in [6, 6.07) is 22.2. The molecule has 0 saturated heterocycles. The van der Waals surface area contributed by atoms with E-state index in [4.69, 9.17) is 0 Å². The van der Waals surface area contributed by atoms with Crippen molar-refractivity contribution in [2.24, 2.45) is 5.92 Å². The van der Waals surface area contributed by atoms with Crippen molar-refractivity contribution in [3.05, 3.63) is 77.9 Å². The van der Waals surface area contributed by atoms with Crippen LogP contribution in [0.15, 0.2) is 54.6 Å². The van der Waals surface area contributed by atoms with Crippen LogP contribution in [0.2, 0.25) is 0 Å². The molecule has 0 spiro atoms. The van der Waals surface area contributed by atoms with E-state index in [1.165, 1.54) is 48.8 Å². The molecule has 0 N–H and O–H groups in total. The Hall–Kier alpha value is -0.716. The van der Waals surface area contributed by atoms with Gasteiger partial charge in [0.25, 0.3) is 0 Å². The normalized spacial score (nSPS) is 16.3. The minimum absolute atomic E-state index is 0. The van der Waals surface area contributed by atoms with Gasteiger partial charge >= 0.3 is 0 Å². The Bertz CT molecular complexity index is 551. The Morgan fingerprint density at radius 3 is 2.29 bits per heavy atom. The second-order valence-electron chi connectivity index (χ2n) is 5.52. The maximum Gasteiger partial charge on any atom is 0 e. The summed E-state index contributed by atoms with van der Waals surface area (Å²) in [6.45, 7) is 0. The van der Waals surface area contributed by atoms with Gasteiger partial charge in [-0.15, -0.1) is 30.3 Å². The molecule has 2 aromatic carbocycles. The first kappa shape index (κ1) is 16.7. The summed E-state index contributed by atoms with van der Waals surface area (Å²) >= 11 is 0. The number of rotatable bonds is 3. The van der Waals surface area contributed by atoms with Crippen LogP contribution in [-0.2, 0) is 32.7 Å². The molecule has 1 saturated carbocycles. The average molecular weight is 349 g/mol. The molecule has 1 aliphatic rings. The second kappa shape index (κ2) is 8.66.